The first kappa shape index (κ1) is 6.95. The van der Waals surface area contributed by atoms with E-state index in [1.165, 1.54) is 0 Å². The molecule has 0 bridgehead atoms. The van der Waals surface area contributed by atoms with Gasteiger partial charge in [0.15, 0.2) is 0 Å². The number of rotatable bonds is 0. The van der Waals surface area contributed by atoms with E-state index in [1.807, 2.05) is 7.05 Å². The highest BCUT2D eigenvalue weighted by Gasteiger charge is 1.98. The van der Waals surface area contributed by atoms with Crippen LogP contribution in [0.5, 0.6) is 0 Å². The molecule has 0 spiro atoms. The first-order valence-electron chi connectivity index (χ1n) is 3.07. The number of nitrogens with zero attached hydrogens (tertiary/aromatic N) is 1. The summed E-state index contributed by atoms with van der Waals surface area (Å²) in [4.78, 5) is 2.14. The quantitative estimate of drug-likeness (QED) is 0.440. The Balaban J connectivity index is 2.12. The summed E-state index contributed by atoms with van der Waals surface area (Å²) in [6.45, 7) is 3.04. The molecule has 1 saturated heterocycles. The standard InChI is InChI=1S/C5H13N3O/c1-8-2-6-4-9-5-7-3-8/h6-7H,2-5H2,1H3. The van der Waals surface area contributed by atoms with Gasteiger partial charge >= 0.3 is 0 Å². The van der Waals surface area contributed by atoms with Gasteiger partial charge in [0.25, 0.3) is 0 Å². The van der Waals surface area contributed by atoms with E-state index in [9.17, 15) is 0 Å². The van der Waals surface area contributed by atoms with E-state index in [4.69, 9.17) is 4.74 Å². The summed E-state index contributed by atoms with van der Waals surface area (Å²) < 4.78 is 5.07. The SMILES string of the molecule is CN1CNCOCNC1. The maximum absolute atomic E-state index is 5.07. The minimum Gasteiger partial charge on any atom is -0.351 e. The summed E-state index contributed by atoms with van der Waals surface area (Å²) in [5.41, 5.74) is 0. The Morgan fingerprint density at radius 1 is 1.22 bits per heavy atom. The molecule has 0 aromatic heterocycles. The first-order chi connectivity index (χ1) is 4.39. The van der Waals surface area contributed by atoms with Crippen LogP contribution in [0.1, 0.15) is 0 Å². The van der Waals surface area contributed by atoms with Crippen molar-refractivity contribution in [3.63, 3.8) is 0 Å². The van der Waals surface area contributed by atoms with Crippen molar-refractivity contribution in [2.24, 2.45) is 0 Å². The van der Waals surface area contributed by atoms with E-state index >= 15 is 0 Å². The molecule has 1 heterocycles. The zero-order chi connectivity index (χ0) is 6.53. The lowest BCUT2D eigenvalue weighted by molar-refractivity contribution is 0.0581. The highest BCUT2D eigenvalue weighted by molar-refractivity contribution is 4.46. The molecule has 0 aliphatic carbocycles. The van der Waals surface area contributed by atoms with Crippen molar-refractivity contribution in [3.8, 4) is 0 Å². The molecule has 1 fully saturated rings. The average Bonchev–Trinajstić information content (AvgIpc) is 1.79. The minimum absolute atomic E-state index is 0.636. The molecule has 0 radical (unpaired) electrons. The van der Waals surface area contributed by atoms with E-state index in [0.717, 1.165) is 13.3 Å². The van der Waals surface area contributed by atoms with Gasteiger partial charge in [0.1, 0.15) is 0 Å². The molecule has 1 aliphatic rings. The van der Waals surface area contributed by atoms with Gasteiger partial charge in [0.05, 0.1) is 26.8 Å². The fourth-order valence-corrected chi connectivity index (χ4v) is 0.724. The normalized spacial score (nSPS) is 25.0. The van der Waals surface area contributed by atoms with Crippen molar-refractivity contribution in [2.45, 2.75) is 0 Å². The van der Waals surface area contributed by atoms with Gasteiger partial charge in [-0.2, -0.15) is 0 Å². The van der Waals surface area contributed by atoms with E-state index in [0.29, 0.717) is 13.5 Å². The Labute approximate surface area is 55.2 Å². The van der Waals surface area contributed by atoms with Gasteiger partial charge in [0, 0.05) is 0 Å². The monoisotopic (exact) mass is 131 g/mol. The second-order valence-electron chi connectivity index (χ2n) is 2.17. The van der Waals surface area contributed by atoms with Crippen LogP contribution in [0.3, 0.4) is 0 Å². The number of hydrogen-bond donors (Lipinski definition) is 2. The van der Waals surface area contributed by atoms with Crippen LogP contribution in [0, 0.1) is 0 Å². The van der Waals surface area contributed by atoms with Crippen molar-refractivity contribution in [1.29, 1.82) is 0 Å². The van der Waals surface area contributed by atoms with E-state index in [2.05, 4.69) is 15.5 Å². The van der Waals surface area contributed by atoms with Crippen molar-refractivity contribution < 1.29 is 4.74 Å². The first-order valence-corrected chi connectivity index (χ1v) is 3.07. The smallest absolute Gasteiger partial charge is 0.0993 e. The van der Waals surface area contributed by atoms with Gasteiger partial charge in [-0.05, 0) is 7.05 Å². The molecule has 2 N–H and O–H groups in total. The molecular weight excluding hydrogens is 118 g/mol. The molecule has 4 nitrogen and oxygen atoms in total. The van der Waals surface area contributed by atoms with E-state index in [1.54, 1.807) is 0 Å². The van der Waals surface area contributed by atoms with Gasteiger partial charge in [-0.25, -0.2) is 0 Å². The van der Waals surface area contributed by atoms with E-state index in [-0.39, 0.29) is 0 Å². The predicted octanol–water partition coefficient (Wildman–Crippen LogP) is -1.04. The molecule has 0 atom stereocenters. The van der Waals surface area contributed by atoms with Gasteiger partial charge in [-0.3, -0.25) is 15.5 Å². The highest BCUT2D eigenvalue weighted by Crippen LogP contribution is 1.78. The lowest BCUT2D eigenvalue weighted by atomic mass is 10.7. The van der Waals surface area contributed by atoms with Crippen LogP contribution in [0.15, 0.2) is 0 Å². The second kappa shape index (κ2) is 3.79. The Kier molecular flexibility index (Phi) is 2.93. The molecule has 0 aromatic carbocycles. The molecule has 9 heavy (non-hydrogen) atoms. The summed E-state index contributed by atoms with van der Waals surface area (Å²) in [6, 6.07) is 0. The Morgan fingerprint density at radius 2 is 1.78 bits per heavy atom. The maximum Gasteiger partial charge on any atom is 0.0993 e. The molecule has 1 aliphatic heterocycles. The largest absolute Gasteiger partial charge is 0.351 e. The molecule has 54 valence electrons. The zero-order valence-electron chi connectivity index (χ0n) is 5.68. The van der Waals surface area contributed by atoms with Crippen molar-refractivity contribution in [3.05, 3.63) is 0 Å². The summed E-state index contributed by atoms with van der Waals surface area (Å²) in [6.07, 6.45) is 0. The number of ether oxygens (including phenoxy) is 1. The number of nitrogens with one attached hydrogen (secondary N) is 2. The third kappa shape index (κ3) is 2.76. The lowest BCUT2D eigenvalue weighted by Crippen LogP contribution is -2.42. The van der Waals surface area contributed by atoms with Gasteiger partial charge in [0.2, 0.25) is 0 Å². The fraction of sp³-hybridized carbons (Fsp3) is 1.00. The lowest BCUT2D eigenvalue weighted by Gasteiger charge is -2.21. The third-order valence-corrected chi connectivity index (χ3v) is 1.17. The van der Waals surface area contributed by atoms with Gasteiger partial charge in [-0.15, -0.1) is 0 Å². The molecule has 0 unspecified atom stereocenters. The van der Waals surface area contributed by atoms with Crippen LogP contribution in [0.25, 0.3) is 0 Å². The maximum atomic E-state index is 5.07. The molecular formula is C5H13N3O. The average molecular weight is 131 g/mol. The van der Waals surface area contributed by atoms with Crippen LogP contribution in [-0.4, -0.2) is 38.7 Å². The van der Waals surface area contributed by atoms with Crippen LogP contribution in [0.2, 0.25) is 0 Å². The summed E-state index contributed by atoms with van der Waals surface area (Å²) in [7, 11) is 2.05. The number of hydrogen-bond acceptors (Lipinski definition) is 4. The molecule has 0 aromatic rings. The highest BCUT2D eigenvalue weighted by atomic mass is 16.5. The van der Waals surface area contributed by atoms with Crippen molar-refractivity contribution in [2.75, 3.05) is 33.8 Å². The molecule has 0 amide bonds. The summed E-state index contributed by atoms with van der Waals surface area (Å²) in [5, 5.41) is 6.20. The molecule has 0 saturated carbocycles. The van der Waals surface area contributed by atoms with Crippen LogP contribution >= 0.6 is 0 Å². The Morgan fingerprint density at radius 3 is 2.33 bits per heavy atom. The van der Waals surface area contributed by atoms with Gasteiger partial charge in [-0.1, -0.05) is 0 Å². The Bertz CT molecular complexity index is 70.6. The third-order valence-electron chi connectivity index (χ3n) is 1.17. The molecule has 4 heteroatoms. The Hall–Kier alpha value is -0.160. The zero-order valence-corrected chi connectivity index (χ0v) is 5.68. The minimum atomic E-state index is 0.636. The van der Waals surface area contributed by atoms with E-state index < -0.39 is 0 Å². The van der Waals surface area contributed by atoms with Crippen LogP contribution in [-0.2, 0) is 4.74 Å². The second-order valence-corrected chi connectivity index (χ2v) is 2.17. The predicted molar refractivity (Wildman–Crippen MR) is 34.6 cm³/mol. The summed E-state index contributed by atoms with van der Waals surface area (Å²) >= 11 is 0. The van der Waals surface area contributed by atoms with Crippen LogP contribution in [0.4, 0.5) is 0 Å². The fourth-order valence-electron chi connectivity index (χ4n) is 0.724. The van der Waals surface area contributed by atoms with Gasteiger partial charge < -0.3 is 4.74 Å². The van der Waals surface area contributed by atoms with Crippen molar-refractivity contribution >= 4 is 0 Å². The van der Waals surface area contributed by atoms with Crippen LogP contribution < -0.4 is 10.6 Å². The van der Waals surface area contributed by atoms with Crippen molar-refractivity contribution in [1.82, 2.24) is 15.5 Å². The topological polar surface area (TPSA) is 36.5 Å². The summed E-state index contributed by atoms with van der Waals surface area (Å²) in [5.74, 6) is 0. The molecule has 1 rings (SSSR count).